The van der Waals surface area contributed by atoms with Crippen molar-refractivity contribution in [3.63, 3.8) is 0 Å². The van der Waals surface area contributed by atoms with Gasteiger partial charge >= 0.3 is 0 Å². The van der Waals surface area contributed by atoms with Crippen LogP contribution in [-0.2, 0) is 4.79 Å². The van der Waals surface area contributed by atoms with Crippen LogP contribution in [0.1, 0.15) is 10.8 Å². The Labute approximate surface area is 154 Å². The topological polar surface area (TPSA) is 100 Å². The maximum atomic E-state index is 11.8. The molecular formula is C18H17N3O4S. The molecule has 0 bridgehead atoms. The van der Waals surface area contributed by atoms with Crippen LogP contribution >= 0.6 is 11.8 Å². The second kappa shape index (κ2) is 7.92. The van der Waals surface area contributed by atoms with E-state index in [1.165, 1.54) is 0 Å². The van der Waals surface area contributed by atoms with Crippen LogP contribution < -0.4 is 15.2 Å². The fourth-order valence-electron chi connectivity index (χ4n) is 2.36. The SMILES string of the molecule is COc1ccc(-c2nnc(S[C@@H](C(N)=O)c3ccccc3)o2)cc1OC. The number of ether oxygens (including phenoxy) is 2. The summed E-state index contributed by atoms with van der Waals surface area (Å²) in [5, 5.41) is 7.68. The fraction of sp³-hybridized carbons (Fsp3) is 0.167. The summed E-state index contributed by atoms with van der Waals surface area (Å²) in [6.07, 6.45) is 0. The molecule has 3 aromatic rings. The molecule has 0 aliphatic rings. The smallest absolute Gasteiger partial charge is 0.277 e. The number of benzene rings is 2. The Hall–Kier alpha value is -3.00. The number of thioether (sulfide) groups is 1. The van der Waals surface area contributed by atoms with Crippen LogP contribution in [0.3, 0.4) is 0 Å². The first-order valence-electron chi connectivity index (χ1n) is 7.69. The summed E-state index contributed by atoms with van der Waals surface area (Å²) in [5.74, 6) is 0.983. The van der Waals surface area contributed by atoms with E-state index in [9.17, 15) is 4.79 Å². The Morgan fingerprint density at radius 3 is 2.46 bits per heavy atom. The van der Waals surface area contributed by atoms with Gasteiger partial charge in [-0.2, -0.15) is 0 Å². The lowest BCUT2D eigenvalue weighted by Crippen LogP contribution is -2.18. The van der Waals surface area contributed by atoms with Gasteiger partial charge in [0.25, 0.3) is 5.22 Å². The van der Waals surface area contributed by atoms with E-state index < -0.39 is 11.2 Å². The molecule has 1 amide bonds. The summed E-state index contributed by atoms with van der Waals surface area (Å²) in [6, 6.07) is 14.5. The second-order valence-corrected chi connectivity index (χ2v) is 6.31. The summed E-state index contributed by atoms with van der Waals surface area (Å²) in [7, 11) is 3.11. The summed E-state index contributed by atoms with van der Waals surface area (Å²) in [4.78, 5) is 11.8. The van der Waals surface area contributed by atoms with Gasteiger partial charge in [0.2, 0.25) is 11.8 Å². The zero-order valence-electron chi connectivity index (χ0n) is 14.2. The van der Waals surface area contributed by atoms with Crippen molar-refractivity contribution in [3.05, 3.63) is 54.1 Å². The molecule has 0 saturated carbocycles. The first-order chi connectivity index (χ1) is 12.6. The monoisotopic (exact) mass is 371 g/mol. The molecule has 2 N–H and O–H groups in total. The van der Waals surface area contributed by atoms with E-state index in [1.807, 2.05) is 30.3 Å². The predicted octanol–water partition coefficient (Wildman–Crippen LogP) is 3.07. The predicted molar refractivity (Wildman–Crippen MR) is 97.1 cm³/mol. The molecule has 0 saturated heterocycles. The van der Waals surface area contributed by atoms with E-state index in [0.717, 1.165) is 17.3 Å². The minimum atomic E-state index is -0.616. The second-order valence-electron chi connectivity index (χ2n) is 5.25. The normalized spacial score (nSPS) is 11.8. The Kier molecular flexibility index (Phi) is 5.43. The van der Waals surface area contributed by atoms with Crippen molar-refractivity contribution >= 4 is 17.7 Å². The number of aromatic nitrogens is 2. The van der Waals surface area contributed by atoms with Gasteiger partial charge in [0, 0.05) is 5.56 Å². The third kappa shape index (κ3) is 3.80. The van der Waals surface area contributed by atoms with Crippen molar-refractivity contribution in [2.24, 2.45) is 5.73 Å². The van der Waals surface area contributed by atoms with E-state index in [2.05, 4.69) is 10.2 Å². The van der Waals surface area contributed by atoms with E-state index in [-0.39, 0.29) is 5.22 Å². The third-order valence-electron chi connectivity index (χ3n) is 3.62. The molecule has 7 nitrogen and oxygen atoms in total. The van der Waals surface area contributed by atoms with Crippen molar-refractivity contribution in [3.8, 4) is 23.0 Å². The quantitative estimate of drug-likeness (QED) is 0.637. The number of rotatable bonds is 7. The van der Waals surface area contributed by atoms with E-state index in [1.54, 1.807) is 32.4 Å². The highest BCUT2D eigenvalue weighted by Crippen LogP contribution is 2.37. The van der Waals surface area contributed by atoms with E-state index in [0.29, 0.717) is 23.0 Å². The minimum absolute atomic E-state index is 0.252. The molecule has 1 atom stereocenters. The highest BCUT2D eigenvalue weighted by Gasteiger charge is 2.23. The standard InChI is InChI=1S/C18H17N3O4S/c1-23-13-9-8-12(10-14(13)24-2)17-20-21-18(25-17)26-15(16(19)22)11-6-4-3-5-7-11/h3-10,15H,1-2H3,(H2,19,22)/t15-/m1/s1. The highest BCUT2D eigenvalue weighted by molar-refractivity contribution is 8.00. The molecule has 0 radical (unpaired) electrons. The van der Waals surface area contributed by atoms with Crippen molar-refractivity contribution in [2.45, 2.75) is 10.5 Å². The van der Waals surface area contributed by atoms with Crippen LogP contribution in [0, 0.1) is 0 Å². The molecule has 26 heavy (non-hydrogen) atoms. The molecule has 134 valence electrons. The molecule has 3 rings (SSSR count). The van der Waals surface area contributed by atoms with Gasteiger partial charge in [0.1, 0.15) is 5.25 Å². The number of hydrogen-bond acceptors (Lipinski definition) is 7. The van der Waals surface area contributed by atoms with Gasteiger partial charge in [-0.25, -0.2) is 0 Å². The van der Waals surface area contributed by atoms with Gasteiger partial charge in [-0.05, 0) is 35.5 Å². The summed E-state index contributed by atoms with van der Waals surface area (Å²) < 4.78 is 16.2. The Balaban J connectivity index is 1.84. The number of amides is 1. The summed E-state index contributed by atoms with van der Waals surface area (Å²) in [6.45, 7) is 0. The largest absolute Gasteiger partial charge is 0.493 e. The number of nitrogens with two attached hydrogens (primary N) is 1. The lowest BCUT2D eigenvalue weighted by atomic mass is 10.1. The molecule has 1 aromatic heterocycles. The van der Waals surface area contributed by atoms with Gasteiger partial charge in [-0.15, -0.1) is 10.2 Å². The molecule has 8 heteroatoms. The number of primary amides is 1. The Morgan fingerprint density at radius 1 is 1.08 bits per heavy atom. The van der Waals surface area contributed by atoms with Crippen LogP contribution in [-0.4, -0.2) is 30.3 Å². The average Bonchev–Trinajstić information content (AvgIpc) is 3.14. The number of methoxy groups -OCH3 is 2. The van der Waals surface area contributed by atoms with E-state index >= 15 is 0 Å². The maximum Gasteiger partial charge on any atom is 0.277 e. The zero-order chi connectivity index (χ0) is 18.5. The third-order valence-corrected chi connectivity index (χ3v) is 4.72. The van der Waals surface area contributed by atoms with Crippen molar-refractivity contribution in [1.29, 1.82) is 0 Å². The number of hydrogen-bond donors (Lipinski definition) is 1. The molecule has 1 heterocycles. The first kappa shape index (κ1) is 17.8. The van der Waals surface area contributed by atoms with Gasteiger partial charge in [0.05, 0.1) is 14.2 Å². The lowest BCUT2D eigenvalue weighted by Gasteiger charge is -2.10. The molecule has 0 aliphatic carbocycles. The van der Waals surface area contributed by atoms with Crippen LogP contribution in [0.25, 0.3) is 11.5 Å². The Bertz CT molecular complexity index is 898. The molecule has 0 aliphatic heterocycles. The lowest BCUT2D eigenvalue weighted by molar-refractivity contribution is -0.117. The van der Waals surface area contributed by atoms with Crippen molar-refractivity contribution in [1.82, 2.24) is 10.2 Å². The summed E-state index contributed by atoms with van der Waals surface area (Å²) in [5.41, 5.74) is 6.98. The van der Waals surface area contributed by atoms with E-state index in [4.69, 9.17) is 19.6 Å². The number of carbonyl (C=O) groups is 1. The molecule has 0 unspecified atom stereocenters. The zero-order valence-corrected chi connectivity index (χ0v) is 15.0. The maximum absolute atomic E-state index is 11.8. The van der Waals surface area contributed by atoms with Gasteiger partial charge < -0.3 is 19.6 Å². The summed E-state index contributed by atoms with van der Waals surface area (Å²) >= 11 is 1.11. The first-order valence-corrected chi connectivity index (χ1v) is 8.57. The number of carbonyl (C=O) groups excluding carboxylic acids is 1. The average molecular weight is 371 g/mol. The fourth-order valence-corrected chi connectivity index (χ4v) is 3.19. The minimum Gasteiger partial charge on any atom is -0.493 e. The van der Waals surface area contributed by atoms with Crippen LogP contribution in [0.5, 0.6) is 11.5 Å². The molecular weight excluding hydrogens is 354 g/mol. The molecule has 0 spiro atoms. The molecule has 0 fully saturated rings. The van der Waals surface area contributed by atoms with Crippen molar-refractivity contribution < 1.29 is 18.7 Å². The van der Waals surface area contributed by atoms with Crippen LogP contribution in [0.15, 0.2) is 58.2 Å². The molecule has 2 aromatic carbocycles. The number of nitrogens with zero attached hydrogens (tertiary/aromatic N) is 2. The van der Waals surface area contributed by atoms with Crippen LogP contribution in [0.4, 0.5) is 0 Å². The van der Waals surface area contributed by atoms with Gasteiger partial charge in [0.15, 0.2) is 11.5 Å². The van der Waals surface area contributed by atoms with Crippen LogP contribution in [0.2, 0.25) is 0 Å². The van der Waals surface area contributed by atoms with Crippen molar-refractivity contribution in [2.75, 3.05) is 14.2 Å². The Morgan fingerprint density at radius 2 is 1.81 bits per heavy atom. The van der Waals surface area contributed by atoms with Gasteiger partial charge in [-0.3, -0.25) is 4.79 Å². The van der Waals surface area contributed by atoms with Gasteiger partial charge in [-0.1, -0.05) is 30.3 Å². The highest BCUT2D eigenvalue weighted by atomic mass is 32.2.